The van der Waals surface area contributed by atoms with Crippen LogP contribution in [-0.4, -0.2) is 4.98 Å². The van der Waals surface area contributed by atoms with Crippen LogP contribution in [0.5, 0.6) is 0 Å². The molecule has 2 aromatic carbocycles. The van der Waals surface area contributed by atoms with Gasteiger partial charge in [-0.1, -0.05) is 59.6 Å². The maximum atomic E-state index is 5.98. The van der Waals surface area contributed by atoms with Crippen LogP contribution in [0.2, 0.25) is 5.02 Å². The molecule has 3 rings (SSSR count). The van der Waals surface area contributed by atoms with E-state index in [-0.39, 0.29) is 0 Å². The number of benzene rings is 2. The van der Waals surface area contributed by atoms with E-state index in [1.165, 1.54) is 5.56 Å². The van der Waals surface area contributed by atoms with Crippen LogP contribution in [0.4, 0.5) is 0 Å². The predicted octanol–water partition coefficient (Wildman–Crippen LogP) is 5.94. The van der Waals surface area contributed by atoms with Gasteiger partial charge in [-0.3, -0.25) is 0 Å². The molecular weight excluding hydrogens is 298 g/mol. The molecule has 1 aromatic heterocycles. The Morgan fingerprint density at radius 1 is 1.05 bits per heavy atom. The first-order valence-electron chi connectivity index (χ1n) is 6.67. The Morgan fingerprint density at radius 3 is 2.62 bits per heavy atom. The van der Waals surface area contributed by atoms with Gasteiger partial charge < -0.3 is 0 Å². The van der Waals surface area contributed by atoms with Crippen LogP contribution in [0.25, 0.3) is 23.4 Å². The molecule has 0 bridgehead atoms. The van der Waals surface area contributed by atoms with E-state index in [2.05, 4.69) is 41.6 Å². The van der Waals surface area contributed by atoms with Crippen molar-refractivity contribution in [2.24, 2.45) is 0 Å². The Bertz CT molecular complexity index is 772. The van der Waals surface area contributed by atoms with E-state index in [0.717, 1.165) is 26.9 Å². The zero-order valence-electron chi connectivity index (χ0n) is 11.6. The first kappa shape index (κ1) is 14.1. The van der Waals surface area contributed by atoms with Crippen molar-refractivity contribution in [3.63, 3.8) is 0 Å². The van der Waals surface area contributed by atoms with Gasteiger partial charge in [-0.15, -0.1) is 11.3 Å². The van der Waals surface area contributed by atoms with Crippen molar-refractivity contribution in [2.45, 2.75) is 6.92 Å². The molecule has 21 heavy (non-hydrogen) atoms. The summed E-state index contributed by atoms with van der Waals surface area (Å²) in [6.07, 6.45) is 4.05. The minimum Gasteiger partial charge on any atom is -0.237 e. The van der Waals surface area contributed by atoms with Crippen molar-refractivity contribution < 1.29 is 0 Å². The van der Waals surface area contributed by atoms with Crippen molar-refractivity contribution in [1.29, 1.82) is 0 Å². The van der Waals surface area contributed by atoms with Crippen LogP contribution >= 0.6 is 22.9 Å². The molecule has 0 fully saturated rings. The van der Waals surface area contributed by atoms with Crippen LogP contribution in [0.1, 0.15) is 16.1 Å². The second kappa shape index (κ2) is 6.25. The molecular formula is C18H14ClNS. The Balaban J connectivity index is 1.80. The van der Waals surface area contributed by atoms with Crippen LogP contribution in [0, 0.1) is 6.92 Å². The smallest absolute Gasteiger partial charge is 0.116 e. The van der Waals surface area contributed by atoms with Crippen LogP contribution in [-0.2, 0) is 0 Å². The quantitative estimate of drug-likeness (QED) is 0.583. The molecule has 0 aliphatic carbocycles. The van der Waals surface area contributed by atoms with Crippen LogP contribution in [0.3, 0.4) is 0 Å². The molecule has 0 N–H and O–H groups in total. The lowest BCUT2D eigenvalue weighted by atomic mass is 10.1. The molecule has 0 radical (unpaired) electrons. The number of rotatable bonds is 3. The number of nitrogens with zero attached hydrogens (tertiary/aromatic N) is 1. The Labute approximate surface area is 133 Å². The van der Waals surface area contributed by atoms with Crippen LogP contribution in [0.15, 0.2) is 53.9 Å². The summed E-state index contributed by atoms with van der Waals surface area (Å²) in [5.41, 5.74) is 4.51. The first-order chi connectivity index (χ1) is 10.2. The summed E-state index contributed by atoms with van der Waals surface area (Å²) in [6, 6.07) is 16.2. The summed E-state index contributed by atoms with van der Waals surface area (Å²) in [5.74, 6) is 0. The lowest BCUT2D eigenvalue weighted by Gasteiger charge is -1.96. The van der Waals surface area contributed by atoms with Gasteiger partial charge in [0.15, 0.2) is 0 Å². The number of hydrogen-bond acceptors (Lipinski definition) is 2. The summed E-state index contributed by atoms with van der Waals surface area (Å²) in [5, 5.41) is 3.82. The highest BCUT2D eigenvalue weighted by molar-refractivity contribution is 7.10. The zero-order chi connectivity index (χ0) is 14.7. The second-order valence-electron chi connectivity index (χ2n) is 4.83. The van der Waals surface area contributed by atoms with Gasteiger partial charge in [0.2, 0.25) is 0 Å². The highest BCUT2D eigenvalue weighted by atomic mass is 35.5. The highest BCUT2D eigenvalue weighted by Crippen LogP contribution is 2.23. The second-order valence-corrected chi connectivity index (χ2v) is 6.15. The standard InChI is InChI=1S/C18H14ClNS/c1-13-5-8-15(9-6-13)17-12-21-18(20-17)10-7-14-3-2-4-16(19)11-14/h2-12H,1H3/b10-7+. The molecule has 104 valence electrons. The summed E-state index contributed by atoms with van der Waals surface area (Å²) < 4.78 is 0. The van der Waals surface area contributed by atoms with Gasteiger partial charge in [-0.25, -0.2) is 4.98 Å². The maximum absolute atomic E-state index is 5.98. The zero-order valence-corrected chi connectivity index (χ0v) is 13.2. The van der Waals surface area contributed by atoms with E-state index in [4.69, 9.17) is 11.6 Å². The van der Waals surface area contributed by atoms with Gasteiger partial charge in [0.25, 0.3) is 0 Å². The molecule has 0 atom stereocenters. The van der Waals surface area contributed by atoms with E-state index < -0.39 is 0 Å². The van der Waals surface area contributed by atoms with Gasteiger partial charge >= 0.3 is 0 Å². The van der Waals surface area contributed by atoms with Gasteiger partial charge in [0.05, 0.1) is 5.69 Å². The monoisotopic (exact) mass is 311 g/mol. The van der Waals surface area contributed by atoms with Crippen molar-refractivity contribution in [3.8, 4) is 11.3 Å². The normalized spacial score (nSPS) is 11.1. The Hall–Kier alpha value is -1.90. The first-order valence-corrected chi connectivity index (χ1v) is 7.93. The van der Waals surface area contributed by atoms with Crippen molar-refractivity contribution in [2.75, 3.05) is 0 Å². The molecule has 0 saturated heterocycles. The van der Waals surface area contributed by atoms with Crippen LogP contribution < -0.4 is 0 Å². The average molecular weight is 312 g/mol. The number of halogens is 1. The molecule has 3 heteroatoms. The van der Waals surface area contributed by atoms with Crippen molar-refractivity contribution in [1.82, 2.24) is 4.98 Å². The molecule has 0 aliphatic rings. The molecule has 0 unspecified atom stereocenters. The molecule has 1 nitrogen and oxygen atoms in total. The third-order valence-corrected chi connectivity index (χ3v) is 4.18. The Kier molecular flexibility index (Phi) is 4.18. The van der Waals surface area contributed by atoms with E-state index in [0.29, 0.717) is 0 Å². The number of aryl methyl sites for hydroxylation is 1. The Morgan fingerprint density at radius 2 is 1.86 bits per heavy atom. The summed E-state index contributed by atoms with van der Waals surface area (Å²) in [4.78, 5) is 4.65. The largest absolute Gasteiger partial charge is 0.237 e. The van der Waals surface area contributed by atoms with E-state index in [1.54, 1.807) is 11.3 Å². The summed E-state index contributed by atoms with van der Waals surface area (Å²) in [6.45, 7) is 2.09. The fourth-order valence-electron chi connectivity index (χ4n) is 2.00. The topological polar surface area (TPSA) is 12.9 Å². The summed E-state index contributed by atoms with van der Waals surface area (Å²) in [7, 11) is 0. The predicted molar refractivity (Wildman–Crippen MR) is 92.7 cm³/mol. The van der Waals surface area contributed by atoms with E-state index >= 15 is 0 Å². The summed E-state index contributed by atoms with van der Waals surface area (Å²) >= 11 is 7.62. The number of thiazole rings is 1. The van der Waals surface area contributed by atoms with E-state index in [9.17, 15) is 0 Å². The van der Waals surface area contributed by atoms with Gasteiger partial charge in [-0.2, -0.15) is 0 Å². The highest BCUT2D eigenvalue weighted by Gasteiger charge is 2.02. The minimum absolute atomic E-state index is 0.747. The maximum Gasteiger partial charge on any atom is 0.116 e. The van der Waals surface area contributed by atoms with Crippen molar-refractivity contribution >= 4 is 35.1 Å². The van der Waals surface area contributed by atoms with Gasteiger partial charge in [-0.05, 0) is 30.7 Å². The third-order valence-electron chi connectivity index (χ3n) is 3.14. The number of hydrogen-bond donors (Lipinski definition) is 0. The molecule has 0 saturated carbocycles. The fourth-order valence-corrected chi connectivity index (χ4v) is 2.92. The average Bonchev–Trinajstić information content (AvgIpc) is 2.95. The molecule has 3 aromatic rings. The lowest BCUT2D eigenvalue weighted by molar-refractivity contribution is 1.37. The molecule has 0 aliphatic heterocycles. The van der Waals surface area contributed by atoms with Gasteiger partial charge in [0.1, 0.15) is 5.01 Å². The van der Waals surface area contributed by atoms with Crippen molar-refractivity contribution in [3.05, 3.63) is 75.1 Å². The fraction of sp³-hybridized carbons (Fsp3) is 0.0556. The molecule has 0 spiro atoms. The minimum atomic E-state index is 0.747. The molecule has 0 amide bonds. The van der Waals surface area contributed by atoms with Gasteiger partial charge in [0, 0.05) is 16.0 Å². The lowest BCUT2D eigenvalue weighted by Crippen LogP contribution is -1.79. The van der Waals surface area contributed by atoms with E-state index in [1.807, 2.05) is 36.4 Å². The number of aromatic nitrogens is 1. The third kappa shape index (κ3) is 3.60. The molecule has 1 heterocycles. The SMILES string of the molecule is Cc1ccc(-c2csc(/C=C/c3cccc(Cl)c3)n2)cc1.